The maximum Gasteiger partial charge on any atom is 0.126 e. The minimum absolute atomic E-state index is 0.0155. The maximum absolute atomic E-state index is 13.7. The molecule has 1 aromatic carbocycles. The predicted octanol–water partition coefficient (Wildman–Crippen LogP) is 2.81. The molecule has 2 rings (SSSR count). The van der Waals surface area contributed by atoms with E-state index in [1.54, 1.807) is 12.1 Å². The van der Waals surface area contributed by atoms with E-state index in [0.29, 0.717) is 0 Å². The van der Waals surface area contributed by atoms with Gasteiger partial charge in [0.2, 0.25) is 0 Å². The number of benzene rings is 1. The molecule has 1 atom stereocenters. The fraction of sp³-hybridized carbons (Fsp3) is 0.538. The monoisotopic (exact) mass is 207 g/mol. The molecule has 15 heavy (non-hydrogen) atoms. The zero-order valence-corrected chi connectivity index (χ0v) is 9.46. The number of hydrogen-bond acceptors (Lipinski definition) is 1. The van der Waals surface area contributed by atoms with Gasteiger partial charge >= 0.3 is 0 Å². The number of hydrogen-bond donors (Lipinski definition) is 0. The summed E-state index contributed by atoms with van der Waals surface area (Å²) in [6, 6.07) is 7.18. The Kier molecular flexibility index (Phi) is 2.79. The van der Waals surface area contributed by atoms with Crippen LogP contribution in [0.3, 0.4) is 0 Å². The summed E-state index contributed by atoms with van der Waals surface area (Å²) in [4.78, 5) is 2.29. The third-order valence-corrected chi connectivity index (χ3v) is 3.41. The van der Waals surface area contributed by atoms with E-state index in [0.717, 1.165) is 31.5 Å². The Labute approximate surface area is 90.9 Å². The van der Waals surface area contributed by atoms with Gasteiger partial charge < -0.3 is 4.90 Å². The van der Waals surface area contributed by atoms with E-state index < -0.39 is 0 Å². The molecular weight excluding hydrogens is 189 g/mol. The second-order valence-electron chi connectivity index (χ2n) is 4.88. The first-order chi connectivity index (χ1) is 7.12. The summed E-state index contributed by atoms with van der Waals surface area (Å²) >= 11 is 0. The number of halogens is 1. The molecule has 0 radical (unpaired) electrons. The minimum atomic E-state index is -0.0599. The third-order valence-electron chi connectivity index (χ3n) is 3.41. The van der Waals surface area contributed by atoms with E-state index in [9.17, 15) is 4.39 Å². The molecule has 2 heteroatoms. The molecule has 1 aliphatic heterocycles. The Hall–Kier alpha value is -0.890. The normalized spacial score (nSPS) is 27.9. The van der Waals surface area contributed by atoms with E-state index >= 15 is 0 Å². The van der Waals surface area contributed by atoms with Crippen molar-refractivity contribution in [2.24, 2.45) is 0 Å². The van der Waals surface area contributed by atoms with Crippen LogP contribution in [0.4, 0.5) is 4.39 Å². The lowest BCUT2D eigenvalue weighted by molar-refractivity contribution is 0.185. The largest absolute Gasteiger partial charge is 0.305 e. The van der Waals surface area contributed by atoms with E-state index in [1.165, 1.54) is 0 Å². The number of nitrogens with zero attached hydrogens (tertiary/aromatic N) is 1. The van der Waals surface area contributed by atoms with Crippen LogP contribution in [-0.4, -0.2) is 25.0 Å². The average Bonchev–Trinajstić information content (AvgIpc) is 2.17. The Morgan fingerprint density at radius 2 is 2.07 bits per heavy atom. The predicted molar refractivity (Wildman–Crippen MR) is 60.5 cm³/mol. The summed E-state index contributed by atoms with van der Waals surface area (Å²) in [6.45, 7) is 4.25. The van der Waals surface area contributed by atoms with Crippen molar-refractivity contribution in [3.05, 3.63) is 35.6 Å². The van der Waals surface area contributed by atoms with Gasteiger partial charge in [-0.1, -0.05) is 25.1 Å². The van der Waals surface area contributed by atoms with Crippen molar-refractivity contribution in [1.82, 2.24) is 4.90 Å². The molecule has 1 heterocycles. The zero-order valence-electron chi connectivity index (χ0n) is 9.46. The van der Waals surface area contributed by atoms with Crippen LogP contribution in [0.15, 0.2) is 24.3 Å². The standard InChI is InChI=1S/C13H18FN/c1-13(8-5-9-15(2)10-13)11-6-3-4-7-12(11)14/h3-4,6-7H,5,8-10H2,1-2H3/t13-/m1/s1. The van der Waals surface area contributed by atoms with Crippen molar-refractivity contribution in [3.8, 4) is 0 Å². The van der Waals surface area contributed by atoms with Crippen molar-refractivity contribution in [2.45, 2.75) is 25.2 Å². The maximum atomic E-state index is 13.7. The Bertz CT molecular complexity index is 350. The zero-order chi connectivity index (χ0) is 10.9. The van der Waals surface area contributed by atoms with Gasteiger partial charge in [-0.25, -0.2) is 4.39 Å². The van der Waals surface area contributed by atoms with Crippen molar-refractivity contribution in [1.29, 1.82) is 0 Å². The molecule has 1 aromatic rings. The molecule has 0 amide bonds. The van der Waals surface area contributed by atoms with Crippen LogP contribution in [0, 0.1) is 5.82 Å². The molecule has 0 aliphatic carbocycles. The van der Waals surface area contributed by atoms with Gasteiger partial charge in [0, 0.05) is 12.0 Å². The average molecular weight is 207 g/mol. The highest BCUT2D eigenvalue weighted by atomic mass is 19.1. The summed E-state index contributed by atoms with van der Waals surface area (Å²) in [5.74, 6) is -0.0599. The van der Waals surface area contributed by atoms with Crippen molar-refractivity contribution < 1.29 is 4.39 Å². The molecule has 1 fully saturated rings. The molecule has 0 unspecified atom stereocenters. The summed E-state index contributed by atoms with van der Waals surface area (Å²) in [7, 11) is 2.11. The topological polar surface area (TPSA) is 3.24 Å². The van der Waals surface area contributed by atoms with Crippen LogP contribution in [0.1, 0.15) is 25.3 Å². The summed E-state index contributed by atoms with van der Waals surface area (Å²) in [5, 5.41) is 0. The minimum Gasteiger partial charge on any atom is -0.305 e. The fourth-order valence-corrected chi connectivity index (χ4v) is 2.66. The summed E-state index contributed by atoms with van der Waals surface area (Å²) < 4.78 is 13.7. The molecule has 0 spiro atoms. The lowest BCUT2D eigenvalue weighted by atomic mass is 9.76. The van der Waals surface area contributed by atoms with Crippen LogP contribution >= 0.6 is 0 Å². The first-order valence-electron chi connectivity index (χ1n) is 5.55. The molecule has 1 nitrogen and oxygen atoms in total. The van der Waals surface area contributed by atoms with E-state index in [1.807, 2.05) is 12.1 Å². The van der Waals surface area contributed by atoms with Gasteiger partial charge in [-0.15, -0.1) is 0 Å². The Balaban J connectivity index is 2.32. The van der Waals surface area contributed by atoms with Gasteiger partial charge in [0.15, 0.2) is 0 Å². The number of rotatable bonds is 1. The quantitative estimate of drug-likeness (QED) is 0.684. The van der Waals surface area contributed by atoms with Gasteiger partial charge in [0.1, 0.15) is 5.82 Å². The molecule has 0 saturated carbocycles. The number of likely N-dealkylation sites (tertiary alicyclic amines) is 1. The van der Waals surface area contributed by atoms with Gasteiger partial charge in [0.25, 0.3) is 0 Å². The fourth-order valence-electron chi connectivity index (χ4n) is 2.66. The van der Waals surface area contributed by atoms with E-state index in [-0.39, 0.29) is 11.2 Å². The number of likely N-dealkylation sites (N-methyl/N-ethyl adjacent to an activating group) is 1. The van der Waals surface area contributed by atoms with Gasteiger partial charge in [-0.3, -0.25) is 0 Å². The molecule has 82 valence electrons. The third kappa shape index (κ3) is 2.05. The first kappa shape index (κ1) is 10.6. The number of piperidine rings is 1. The van der Waals surface area contributed by atoms with Gasteiger partial charge in [0.05, 0.1) is 0 Å². The van der Waals surface area contributed by atoms with Gasteiger partial charge in [-0.2, -0.15) is 0 Å². The van der Waals surface area contributed by atoms with E-state index in [2.05, 4.69) is 18.9 Å². The lowest BCUT2D eigenvalue weighted by Crippen LogP contribution is -2.42. The van der Waals surface area contributed by atoms with Gasteiger partial charge in [-0.05, 0) is 38.1 Å². The van der Waals surface area contributed by atoms with Crippen LogP contribution in [0.2, 0.25) is 0 Å². The van der Waals surface area contributed by atoms with E-state index in [4.69, 9.17) is 0 Å². The van der Waals surface area contributed by atoms with Crippen molar-refractivity contribution in [3.63, 3.8) is 0 Å². The van der Waals surface area contributed by atoms with Crippen LogP contribution in [-0.2, 0) is 5.41 Å². The van der Waals surface area contributed by atoms with Crippen LogP contribution in [0.5, 0.6) is 0 Å². The second-order valence-corrected chi connectivity index (χ2v) is 4.88. The SMILES string of the molecule is CN1CCC[C@@](C)(c2ccccc2F)C1. The van der Waals surface area contributed by atoms with Crippen molar-refractivity contribution in [2.75, 3.05) is 20.1 Å². The molecule has 1 saturated heterocycles. The lowest BCUT2D eigenvalue weighted by Gasteiger charge is -2.39. The van der Waals surface area contributed by atoms with Crippen LogP contribution < -0.4 is 0 Å². The smallest absolute Gasteiger partial charge is 0.126 e. The molecule has 0 bridgehead atoms. The summed E-state index contributed by atoms with van der Waals surface area (Å²) in [6.07, 6.45) is 2.24. The Morgan fingerprint density at radius 1 is 1.33 bits per heavy atom. The van der Waals surface area contributed by atoms with Crippen molar-refractivity contribution >= 4 is 0 Å². The molecule has 0 aromatic heterocycles. The van der Waals surface area contributed by atoms with Crippen LogP contribution in [0.25, 0.3) is 0 Å². The Morgan fingerprint density at radius 3 is 2.73 bits per heavy atom. The summed E-state index contributed by atoms with van der Waals surface area (Å²) in [5.41, 5.74) is 0.856. The highest BCUT2D eigenvalue weighted by molar-refractivity contribution is 5.27. The highest BCUT2D eigenvalue weighted by Gasteiger charge is 2.33. The molecule has 1 aliphatic rings. The first-order valence-corrected chi connectivity index (χ1v) is 5.55. The highest BCUT2D eigenvalue weighted by Crippen LogP contribution is 2.34. The molecular formula is C13H18FN. The molecule has 0 N–H and O–H groups in total. The second kappa shape index (κ2) is 3.93.